The fourth-order valence-corrected chi connectivity index (χ4v) is 9.57. The Labute approximate surface area is 443 Å². The van der Waals surface area contributed by atoms with Gasteiger partial charge in [0.15, 0.2) is 12.6 Å². The predicted molar refractivity (Wildman–Crippen MR) is 289 cm³/mol. The molecular weight excluding hydrogens is 933 g/mol. The molecule has 2 aliphatic heterocycles. The lowest BCUT2D eigenvalue weighted by Crippen LogP contribution is -2.61. The van der Waals surface area contributed by atoms with Crippen molar-refractivity contribution in [3.05, 3.63) is 24.3 Å². The lowest BCUT2D eigenvalue weighted by molar-refractivity contribution is -0.332. The van der Waals surface area contributed by atoms with Crippen LogP contribution in [-0.4, -0.2) is 142 Å². The van der Waals surface area contributed by atoms with E-state index in [-0.39, 0.29) is 25.6 Å². The van der Waals surface area contributed by atoms with Crippen molar-refractivity contribution in [3.8, 4) is 0 Å². The van der Waals surface area contributed by atoms with Crippen LogP contribution in [0, 0.1) is 0 Å². The maximum absolute atomic E-state index is 13.1. The number of allylic oxidation sites excluding steroid dienone is 4. The summed E-state index contributed by atoms with van der Waals surface area (Å²) in [4.78, 5) is 13.1. The molecule has 0 spiro atoms. The van der Waals surface area contributed by atoms with Crippen LogP contribution >= 0.6 is 0 Å². The zero-order valence-electron chi connectivity index (χ0n) is 46.1. The van der Waals surface area contributed by atoms with E-state index >= 15 is 0 Å². The van der Waals surface area contributed by atoms with Crippen molar-refractivity contribution in [1.29, 1.82) is 0 Å². The zero-order valence-corrected chi connectivity index (χ0v) is 46.1. The van der Waals surface area contributed by atoms with Gasteiger partial charge in [-0.15, -0.1) is 0 Å². The summed E-state index contributed by atoms with van der Waals surface area (Å²) in [5.74, 6) is -0.375. The molecule has 0 aromatic heterocycles. The molecule has 0 aliphatic carbocycles. The third-order valence-electron chi connectivity index (χ3n) is 14.4. The summed E-state index contributed by atoms with van der Waals surface area (Å²) < 4.78 is 34.4. The number of aliphatic hydroxyl groups is 7. The van der Waals surface area contributed by atoms with Crippen molar-refractivity contribution in [1.82, 2.24) is 0 Å². The van der Waals surface area contributed by atoms with Gasteiger partial charge in [0.1, 0.15) is 54.9 Å². The Kier molecular flexibility index (Phi) is 43.1. The number of carbonyl (C=O) groups is 1. The first-order valence-corrected chi connectivity index (χ1v) is 29.9. The van der Waals surface area contributed by atoms with Gasteiger partial charge in [0.05, 0.1) is 26.4 Å². The number of hydrogen-bond acceptors (Lipinski definition) is 14. The SMILES string of the molecule is CCCCCCCC/C=C\CCCCCCCCCCOCC(COC1OC(COC2OC(CO)C(O)C(O)C2O)C(O)C(O)C1O)OC(=O)CCCCCCCCCCC/C=C\CCCCCCCCCC. The van der Waals surface area contributed by atoms with Crippen LogP contribution in [-0.2, 0) is 33.2 Å². The van der Waals surface area contributed by atoms with Crippen LogP contribution < -0.4 is 0 Å². The first-order valence-electron chi connectivity index (χ1n) is 29.9. The molecule has 0 saturated carbocycles. The Morgan fingerprint density at radius 1 is 0.438 bits per heavy atom. The average molecular weight is 1040 g/mol. The van der Waals surface area contributed by atoms with Gasteiger partial charge in [0, 0.05) is 13.0 Å². The molecule has 2 fully saturated rings. The lowest BCUT2D eigenvalue weighted by Gasteiger charge is -2.42. The Hall–Kier alpha value is -1.53. The molecule has 7 N–H and O–H groups in total. The van der Waals surface area contributed by atoms with Gasteiger partial charge in [-0.25, -0.2) is 0 Å². The highest BCUT2D eigenvalue weighted by molar-refractivity contribution is 5.69. The van der Waals surface area contributed by atoms with Crippen LogP contribution in [0.3, 0.4) is 0 Å². The highest BCUT2D eigenvalue weighted by Crippen LogP contribution is 2.27. The minimum Gasteiger partial charge on any atom is -0.457 e. The van der Waals surface area contributed by atoms with E-state index in [4.69, 9.17) is 28.4 Å². The van der Waals surface area contributed by atoms with Crippen molar-refractivity contribution in [2.75, 3.05) is 33.0 Å². The van der Waals surface area contributed by atoms with Crippen molar-refractivity contribution in [3.63, 3.8) is 0 Å². The minimum atomic E-state index is -1.71. The van der Waals surface area contributed by atoms with Gasteiger partial charge >= 0.3 is 5.97 Å². The zero-order chi connectivity index (χ0) is 53.0. The Balaban J connectivity index is 1.71. The maximum atomic E-state index is 13.1. The van der Waals surface area contributed by atoms with E-state index in [0.717, 1.165) is 38.5 Å². The van der Waals surface area contributed by atoms with E-state index in [1.54, 1.807) is 0 Å². The summed E-state index contributed by atoms with van der Waals surface area (Å²) in [7, 11) is 0. The molecule has 0 bridgehead atoms. The van der Waals surface area contributed by atoms with Crippen LogP contribution in [0.1, 0.15) is 245 Å². The smallest absolute Gasteiger partial charge is 0.306 e. The summed E-state index contributed by atoms with van der Waals surface area (Å²) in [6.45, 7) is 3.72. The van der Waals surface area contributed by atoms with Crippen LogP contribution in [0.2, 0.25) is 0 Å². The minimum absolute atomic E-state index is 0.0619. The molecular formula is C59H110O14. The van der Waals surface area contributed by atoms with E-state index in [2.05, 4.69) is 38.2 Å². The molecule has 2 aliphatic rings. The molecule has 14 heteroatoms. The first-order chi connectivity index (χ1) is 35.6. The van der Waals surface area contributed by atoms with Crippen LogP contribution in [0.4, 0.5) is 0 Å². The van der Waals surface area contributed by atoms with E-state index in [0.29, 0.717) is 13.0 Å². The first kappa shape index (κ1) is 67.6. The Morgan fingerprint density at radius 3 is 1.25 bits per heavy atom. The highest BCUT2D eigenvalue weighted by atomic mass is 16.7. The molecule has 11 unspecified atom stereocenters. The second-order valence-corrected chi connectivity index (χ2v) is 21.2. The topological polar surface area (TPSA) is 214 Å². The van der Waals surface area contributed by atoms with Gasteiger partial charge in [-0.2, -0.15) is 0 Å². The predicted octanol–water partition coefficient (Wildman–Crippen LogP) is 10.8. The summed E-state index contributed by atoms with van der Waals surface area (Å²) in [5.41, 5.74) is 0. The maximum Gasteiger partial charge on any atom is 0.306 e. The van der Waals surface area contributed by atoms with Crippen molar-refractivity contribution in [2.24, 2.45) is 0 Å². The van der Waals surface area contributed by atoms with Crippen LogP contribution in [0.15, 0.2) is 24.3 Å². The summed E-state index contributed by atoms with van der Waals surface area (Å²) in [6.07, 6.45) is 36.6. The van der Waals surface area contributed by atoms with E-state index in [1.807, 2.05) is 0 Å². The van der Waals surface area contributed by atoms with Crippen molar-refractivity contribution < 1.29 is 69.0 Å². The fraction of sp³-hybridized carbons (Fsp3) is 0.915. The van der Waals surface area contributed by atoms with Gasteiger partial charge in [-0.3, -0.25) is 4.79 Å². The normalized spacial score (nSPS) is 25.1. The monoisotopic (exact) mass is 1040 g/mol. The molecule has 2 heterocycles. The standard InChI is InChI=1S/C59H110O14/c1-3-5-7-9-11-13-15-17-19-21-23-24-25-26-28-30-32-34-36-38-40-42-51(61)71-48(45-68-43-41-39-37-35-33-31-29-27-22-20-18-16-14-12-10-8-6-4-2)46-69-58-57(67)55(65)53(63)50(73-58)47-70-59-56(66)54(64)52(62)49(44-60)72-59/h18,20-21,23,48-50,52-60,62-67H,3-17,19,22,24-47H2,1-2H3/b20-18-,23-21-. The molecule has 430 valence electrons. The third-order valence-corrected chi connectivity index (χ3v) is 14.4. The summed E-state index contributed by atoms with van der Waals surface area (Å²) >= 11 is 0. The number of esters is 1. The fourth-order valence-electron chi connectivity index (χ4n) is 9.57. The molecule has 2 saturated heterocycles. The quantitative estimate of drug-likeness (QED) is 0.0172. The number of rotatable bonds is 49. The summed E-state index contributed by atoms with van der Waals surface area (Å²) in [5, 5.41) is 72.4. The number of unbranched alkanes of at least 4 members (excludes halogenated alkanes) is 31. The summed E-state index contributed by atoms with van der Waals surface area (Å²) in [6, 6.07) is 0. The van der Waals surface area contributed by atoms with Crippen molar-refractivity contribution >= 4 is 5.97 Å². The number of aliphatic hydroxyl groups excluding tert-OH is 7. The average Bonchev–Trinajstić information content (AvgIpc) is 3.39. The molecule has 0 aromatic rings. The number of ether oxygens (including phenoxy) is 6. The largest absolute Gasteiger partial charge is 0.457 e. The Bertz CT molecular complexity index is 1300. The highest BCUT2D eigenvalue weighted by Gasteiger charge is 2.47. The molecule has 73 heavy (non-hydrogen) atoms. The molecule has 14 nitrogen and oxygen atoms in total. The van der Waals surface area contributed by atoms with Crippen LogP contribution in [0.25, 0.3) is 0 Å². The van der Waals surface area contributed by atoms with Gasteiger partial charge in [-0.05, 0) is 64.2 Å². The number of hydrogen-bond donors (Lipinski definition) is 7. The van der Waals surface area contributed by atoms with E-state index in [1.165, 1.54) is 180 Å². The van der Waals surface area contributed by atoms with Gasteiger partial charge in [0.2, 0.25) is 0 Å². The third kappa shape index (κ3) is 33.4. The van der Waals surface area contributed by atoms with Gasteiger partial charge in [-0.1, -0.05) is 199 Å². The van der Waals surface area contributed by atoms with E-state index < -0.39 is 80.7 Å². The molecule has 0 aromatic carbocycles. The molecule has 0 amide bonds. The molecule has 0 radical (unpaired) electrons. The van der Waals surface area contributed by atoms with Crippen LogP contribution in [0.5, 0.6) is 0 Å². The number of carbonyl (C=O) groups excluding carboxylic acids is 1. The Morgan fingerprint density at radius 2 is 0.808 bits per heavy atom. The van der Waals surface area contributed by atoms with E-state index in [9.17, 15) is 40.5 Å². The lowest BCUT2D eigenvalue weighted by atomic mass is 9.98. The molecule has 2 rings (SSSR count). The second kappa shape index (κ2) is 46.6. The second-order valence-electron chi connectivity index (χ2n) is 21.2. The van der Waals surface area contributed by atoms with Gasteiger partial charge in [0.25, 0.3) is 0 Å². The molecule has 11 atom stereocenters. The van der Waals surface area contributed by atoms with Crippen molar-refractivity contribution in [2.45, 2.75) is 313 Å². The van der Waals surface area contributed by atoms with Gasteiger partial charge < -0.3 is 64.2 Å².